The van der Waals surface area contributed by atoms with Crippen LogP contribution in [0.1, 0.15) is 61.8 Å². The van der Waals surface area contributed by atoms with Crippen molar-refractivity contribution in [1.29, 1.82) is 0 Å². The lowest BCUT2D eigenvalue weighted by molar-refractivity contribution is -0.245. The minimum atomic E-state index is -0.684. The Balaban J connectivity index is 1.03. The quantitative estimate of drug-likeness (QED) is 0.117. The van der Waals surface area contributed by atoms with Crippen LogP contribution in [-0.4, -0.2) is 59.0 Å². The molecule has 2 N–H and O–H groups in total. The summed E-state index contributed by atoms with van der Waals surface area (Å²) in [4.78, 5) is 27.3. The number of aromatic hydroxyl groups is 1. The van der Waals surface area contributed by atoms with Crippen molar-refractivity contribution in [2.24, 2.45) is 0 Å². The number of hydrogen-bond acceptors (Lipinski definition) is 10. The Bertz CT molecular complexity index is 2210. The first-order valence-corrected chi connectivity index (χ1v) is 17.8. The average Bonchev–Trinajstić information content (AvgIpc) is 3.76. The predicted octanol–water partition coefficient (Wildman–Crippen LogP) is 6.66. The highest BCUT2D eigenvalue weighted by atomic mass is 32.2. The molecular weight excluding hydrogens is 679 g/mol. The minimum absolute atomic E-state index is 0.0428. The van der Waals surface area contributed by atoms with Crippen molar-refractivity contribution >= 4 is 23.6 Å². The van der Waals surface area contributed by atoms with Crippen LogP contribution in [-0.2, 0) is 22.6 Å². The van der Waals surface area contributed by atoms with Gasteiger partial charge >= 0.3 is 0 Å². The number of nitrogens with zero attached hydrogens (tertiary/aromatic N) is 5. The number of hydrogen-bond donors (Lipinski definition) is 2. The van der Waals surface area contributed by atoms with Crippen LogP contribution in [0.4, 0.5) is 0 Å². The number of benzene rings is 5. The number of carbonyl (C=O) groups excluding carboxylic acids is 2. The maximum atomic E-state index is 13.0. The first-order valence-electron chi connectivity index (χ1n) is 16.8. The second-order valence-corrected chi connectivity index (χ2v) is 13.6. The number of phenols is 1. The third kappa shape index (κ3) is 6.84. The standard InChI is InChI=1S/C40H33N5O6S/c46-23-25-11-13-27(14-12-25)36-21-33(24-52-40-41-42-43-45(40)31-15-17-32(47)18-16-31)50-39(51-36)30-8-4-7-29(20-30)28-6-3-5-26(19-28)22-44-37(48)34-9-1-2-10-35(34)38(44)49/h1-20,33,36,39,46-47H,21-24H2/t33-,36+,39+/m1/s1. The molecule has 1 fully saturated rings. The van der Waals surface area contributed by atoms with Crippen molar-refractivity contribution in [2.45, 2.75) is 43.2 Å². The van der Waals surface area contributed by atoms with Crippen LogP contribution in [0.25, 0.3) is 16.8 Å². The molecule has 52 heavy (non-hydrogen) atoms. The van der Waals surface area contributed by atoms with E-state index in [1.807, 2.05) is 72.8 Å². The highest BCUT2D eigenvalue weighted by molar-refractivity contribution is 7.99. The molecule has 8 rings (SSSR count). The van der Waals surface area contributed by atoms with Crippen LogP contribution in [0.15, 0.2) is 126 Å². The zero-order chi connectivity index (χ0) is 35.6. The number of phenolic OH excluding ortho intramolecular Hbond substituents is 1. The number of amides is 2. The molecule has 1 aromatic heterocycles. The van der Waals surface area contributed by atoms with Gasteiger partial charge in [0, 0.05) is 17.7 Å². The minimum Gasteiger partial charge on any atom is -0.508 e. The number of aromatic nitrogens is 4. The third-order valence-corrected chi connectivity index (χ3v) is 10.2. The number of aliphatic hydroxyl groups is 1. The van der Waals surface area contributed by atoms with E-state index in [4.69, 9.17) is 9.47 Å². The van der Waals surface area contributed by atoms with Crippen molar-refractivity contribution in [1.82, 2.24) is 25.1 Å². The number of imide groups is 1. The van der Waals surface area contributed by atoms with E-state index in [9.17, 15) is 19.8 Å². The Morgan fingerprint density at radius 2 is 1.46 bits per heavy atom. The van der Waals surface area contributed by atoms with Crippen LogP contribution < -0.4 is 0 Å². The summed E-state index contributed by atoms with van der Waals surface area (Å²) in [5.74, 6) is 0.127. The van der Waals surface area contributed by atoms with Gasteiger partial charge in [-0.25, -0.2) is 0 Å². The molecule has 0 spiro atoms. The van der Waals surface area contributed by atoms with E-state index in [2.05, 4.69) is 15.5 Å². The van der Waals surface area contributed by atoms with Gasteiger partial charge < -0.3 is 19.7 Å². The van der Waals surface area contributed by atoms with E-state index in [0.717, 1.165) is 39.1 Å². The summed E-state index contributed by atoms with van der Waals surface area (Å²) in [7, 11) is 0. The molecule has 5 aromatic carbocycles. The molecule has 6 aromatic rings. The number of thioether (sulfide) groups is 1. The topological polar surface area (TPSA) is 140 Å². The van der Waals surface area contributed by atoms with Crippen molar-refractivity contribution in [3.63, 3.8) is 0 Å². The Morgan fingerprint density at radius 3 is 2.19 bits per heavy atom. The van der Waals surface area contributed by atoms with Gasteiger partial charge in [0.15, 0.2) is 6.29 Å². The van der Waals surface area contributed by atoms with Crippen molar-refractivity contribution < 1.29 is 29.3 Å². The molecule has 2 aliphatic heterocycles. The molecular formula is C40H33N5O6S. The zero-order valence-electron chi connectivity index (χ0n) is 27.8. The first kappa shape index (κ1) is 33.5. The highest BCUT2D eigenvalue weighted by Gasteiger charge is 2.35. The summed E-state index contributed by atoms with van der Waals surface area (Å²) >= 11 is 1.47. The molecule has 3 atom stereocenters. The Kier molecular flexibility index (Phi) is 9.35. The fourth-order valence-corrected chi connectivity index (χ4v) is 7.40. The van der Waals surface area contributed by atoms with E-state index < -0.39 is 6.29 Å². The van der Waals surface area contributed by atoms with Gasteiger partial charge in [-0.15, -0.1) is 5.10 Å². The molecule has 3 heterocycles. The van der Waals surface area contributed by atoms with Gasteiger partial charge in [-0.1, -0.05) is 84.6 Å². The van der Waals surface area contributed by atoms with Gasteiger partial charge in [-0.3, -0.25) is 14.5 Å². The molecule has 260 valence electrons. The van der Waals surface area contributed by atoms with Gasteiger partial charge in [0.1, 0.15) is 5.75 Å². The second-order valence-electron chi connectivity index (χ2n) is 12.6. The van der Waals surface area contributed by atoms with Crippen molar-refractivity contribution in [2.75, 3.05) is 5.75 Å². The molecule has 1 saturated heterocycles. The maximum absolute atomic E-state index is 13.0. The van der Waals surface area contributed by atoms with Gasteiger partial charge in [-0.2, -0.15) is 4.68 Å². The highest BCUT2D eigenvalue weighted by Crippen LogP contribution is 2.40. The normalized spacial score (nSPS) is 18.5. The van der Waals surface area contributed by atoms with E-state index >= 15 is 0 Å². The average molecular weight is 712 g/mol. The Hall–Kier alpha value is -5.66. The predicted molar refractivity (Wildman–Crippen MR) is 192 cm³/mol. The number of rotatable bonds is 10. The lowest BCUT2D eigenvalue weighted by Gasteiger charge is -2.36. The number of tetrazole rings is 1. The van der Waals surface area contributed by atoms with Gasteiger partial charge in [0.2, 0.25) is 5.16 Å². The van der Waals surface area contributed by atoms with Gasteiger partial charge in [0.05, 0.1) is 42.2 Å². The first-order chi connectivity index (χ1) is 25.4. The molecule has 2 amide bonds. The smallest absolute Gasteiger partial charge is 0.261 e. The second kappa shape index (κ2) is 14.5. The number of aliphatic hydroxyl groups excluding tert-OH is 1. The SMILES string of the molecule is O=C1c2ccccc2C(=O)N1Cc1cccc(-c2cccc([C@H]3O[C@@H](CSc4nnnn4-c4ccc(O)cc4)C[C@@H](c4ccc(CO)cc4)O3)c2)c1. The van der Waals surface area contributed by atoms with Crippen LogP contribution >= 0.6 is 11.8 Å². The Morgan fingerprint density at radius 1 is 0.750 bits per heavy atom. The van der Waals surface area contributed by atoms with E-state index in [1.54, 1.807) is 53.2 Å². The fraction of sp³-hybridized carbons (Fsp3) is 0.175. The summed E-state index contributed by atoms with van der Waals surface area (Å²) < 4.78 is 14.9. The Labute approximate surface area is 303 Å². The summed E-state index contributed by atoms with van der Waals surface area (Å²) in [6.07, 6.45) is -0.612. The van der Waals surface area contributed by atoms with Crippen molar-refractivity contribution in [3.8, 4) is 22.6 Å². The fourth-order valence-electron chi connectivity index (χ4n) is 6.49. The summed E-state index contributed by atoms with van der Waals surface area (Å²) in [6, 6.07) is 37.1. The van der Waals surface area contributed by atoms with E-state index in [0.29, 0.717) is 28.5 Å². The molecule has 11 nitrogen and oxygen atoms in total. The van der Waals surface area contributed by atoms with Crippen LogP contribution in [0.2, 0.25) is 0 Å². The van der Waals surface area contributed by atoms with E-state index in [-0.39, 0.29) is 42.9 Å². The third-order valence-electron chi connectivity index (χ3n) is 9.19. The number of ether oxygens (including phenoxy) is 2. The lowest BCUT2D eigenvalue weighted by Crippen LogP contribution is -2.31. The molecule has 0 aliphatic carbocycles. The number of carbonyl (C=O) groups is 2. The van der Waals surface area contributed by atoms with Crippen LogP contribution in [0.5, 0.6) is 5.75 Å². The van der Waals surface area contributed by atoms with Gasteiger partial charge in [-0.05, 0) is 86.8 Å². The largest absolute Gasteiger partial charge is 0.508 e. The van der Waals surface area contributed by atoms with Crippen LogP contribution in [0, 0.1) is 0 Å². The van der Waals surface area contributed by atoms with Crippen LogP contribution in [0.3, 0.4) is 0 Å². The zero-order valence-corrected chi connectivity index (χ0v) is 28.6. The maximum Gasteiger partial charge on any atom is 0.261 e. The van der Waals surface area contributed by atoms with Gasteiger partial charge in [0.25, 0.3) is 11.8 Å². The summed E-state index contributed by atoms with van der Waals surface area (Å²) in [5, 5.41) is 32.2. The molecule has 0 unspecified atom stereocenters. The molecule has 12 heteroatoms. The number of fused-ring (bicyclic) bond motifs is 1. The molecule has 0 radical (unpaired) electrons. The lowest BCUT2D eigenvalue weighted by atomic mass is 9.99. The van der Waals surface area contributed by atoms with E-state index in [1.165, 1.54) is 16.7 Å². The molecule has 2 aliphatic rings. The summed E-state index contributed by atoms with van der Waals surface area (Å²) in [6.45, 7) is 0.125. The summed E-state index contributed by atoms with van der Waals surface area (Å²) in [5.41, 5.74) is 6.91. The molecule has 0 saturated carbocycles. The van der Waals surface area contributed by atoms with Crippen molar-refractivity contribution in [3.05, 3.63) is 155 Å². The molecule has 0 bridgehead atoms. The monoisotopic (exact) mass is 711 g/mol.